The maximum absolute atomic E-state index is 10.8. The zero-order valence-electron chi connectivity index (χ0n) is 15.0. The van der Waals surface area contributed by atoms with E-state index in [4.69, 9.17) is 14.6 Å². The van der Waals surface area contributed by atoms with E-state index in [1.54, 1.807) is 6.07 Å². The monoisotopic (exact) mass is 357 g/mol. The number of rotatable bonds is 6. The number of carbonyl (C=O) groups is 1. The summed E-state index contributed by atoms with van der Waals surface area (Å²) in [5.41, 5.74) is 2.79. The Balaban J connectivity index is 1.70. The lowest BCUT2D eigenvalue weighted by Crippen LogP contribution is -2.38. The maximum Gasteiger partial charge on any atom is 0.341 e. The van der Waals surface area contributed by atoms with Gasteiger partial charge in [-0.1, -0.05) is 18.2 Å². The molecule has 138 valence electrons. The van der Waals surface area contributed by atoms with Crippen LogP contribution in [0.3, 0.4) is 0 Å². The number of hydrogen-bond acceptors (Lipinski definition) is 6. The summed E-state index contributed by atoms with van der Waals surface area (Å²) >= 11 is 0. The first-order valence-electron chi connectivity index (χ1n) is 8.60. The summed E-state index contributed by atoms with van der Waals surface area (Å²) in [6.07, 6.45) is -0.101. The van der Waals surface area contributed by atoms with Crippen LogP contribution >= 0.6 is 0 Å². The Kier molecular flexibility index (Phi) is 5.80. The van der Waals surface area contributed by atoms with Crippen molar-refractivity contribution in [2.45, 2.75) is 26.5 Å². The van der Waals surface area contributed by atoms with Crippen LogP contribution in [0.4, 0.5) is 0 Å². The summed E-state index contributed by atoms with van der Waals surface area (Å²) in [5, 5.41) is 8.83. The van der Waals surface area contributed by atoms with Crippen molar-refractivity contribution in [3.8, 4) is 5.75 Å². The van der Waals surface area contributed by atoms with E-state index in [9.17, 15) is 4.79 Å². The van der Waals surface area contributed by atoms with E-state index in [1.807, 2.05) is 38.1 Å². The molecule has 1 aromatic carbocycles. The molecule has 0 amide bonds. The van der Waals surface area contributed by atoms with Crippen LogP contribution in [0, 0.1) is 13.8 Å². The molecule has 2 heterocycles. The molecule has 2 aromatic rings. The van der Waals surface area contributed by atoms with Gasteiger partial charge in [-0.15, -0.1) is 0 Å². The highest BCUT2D eigenvalue weighted by Crippen LogP contribution is 2.25. The second kappa shape index (κ2) is 8.25. The topological polar surface area (TPSA) is 84.8 Å². The van der Waals surface area contributed by atoms with Crippen molar-refractivity contribution in [3.05, 3.63) is 53.1 Å². The number of aryl methyl sites for hydroxylation is 2. The number of hydrogen-bond donors (Lipinski definition) is 1. The number of carboxylic acid groups (broad SMARTS) is 1. The van der Waals surface area contributed by atoms with Crippen molar-refractivity contribution in [1.29, 1.82) is 0 Å². The Morgan fingerprint density at radius 1 is 1.35 bits per heavy atom. The van der Waals surface area contributed by atoms with Gasteiger partial charge in [0.2, 0.25) is 0 Å². The third-order valence-electron chi connectivity index (χ3n) is 4.18. The fraction of sp³-hybridized carbons (Fsp3) is 0.421. The number of para-hydroxylation sites is 1. The Hall–Kier alpha value is -2.51. The van der Waals surface area contributed by atoms with Crippen LogP contribution in [0.15, 0.2) is 30.3 Å². The van der Waals surface area contributed by atoms with Crippen molar-refractivity contribution in [2.75, 3.05) is 26.3 Å². The predicted octanol–water partition coefficient (Wildman–Crippen LogP) is 2.13. The van der Waals surface area contributed by atoms with Gasteiger partial charge in [0.15, 0.2) is 6.61 Å². The average Bonchev–Trinajstić information content (AvgIpc) is 2.60. The van der Waals surface area contributed by atoms with E-state index < -0.39 is 5.97 Å². The zero-order valence-corrected chi connectivity index (χ0v) is 15.0. The summed E-state index contributed by atoms with van der Waals surface area (Å²) in [6.45, 7) is 6.28. The quantitative estimate of drug-likeness (QED) is 0.848. The number of aliphatic carboxylic acids is 1. The molecular weight excluding hydrogens is 334 g/mol. The maximum atomic E-state index is 10.8. The Morgan fingerprint density at radius 3 is 2.92 bits per heavy atom. The molecule has 0 spiro atoms. The third kappa shape index (κ3) is 4.77. The average molecular weight is 357 g/mol. The van der Waals surface area contributed by atoms with Crippen molar-refractivity contribution >= 4 is 5.97 Å². The Bertz CT molecular complexity index is 761. The molecule has 0 bridgehead atoms. The fourth-order valence-electron chi connectivity index (χ4n) is 3.09. The minimum atomic E-state index is -0.985. The number of aromatic nitrogens is 2. The summed E-state index contributed by atoms with van der Waals surface area (Å²) in [7, 11) is 0. The number of ether oxygens (including phenoxy) is 2. The molecule has 1 aliphatic rings. The lowest BCUT2D eigenvalue weighted by molar-refractivity contribution is -0.139. The molecule has 1 saturated heterocycles. The molecule has 1 aliphatic heterocycles. The van der Waals surface area contributed by atoms with Crippen LogP contribution in [0.5, 0.6) is 5.75 Å². The summed E-state index contributed by atoms with van der Waals surface area (Å²) in [6, 6.07) is 9.49. The van der Waals surface area contributed by atoms with Crippen LogP contribution in [-0.4, -0.2) is 52.2 Å². The molecule has 1 N–H and O–H groups in total. The van der Waals surface area contributed by atoms with E-state index in [1.165, 1.54) is 0 Å². The molecule has 0 radical (unpaired) electrons. The second-order valence-electron chi connectivity index (χ2n) is 6.37. The molecule has 26 heavy (non-hydrogen) atoms. The van der Waals surface area contributed by atoms with Crippen molar-refractivity contribution in [3.63, 3.8) is 0 Å². The highest BCUT2D eigenvalue weighted by Gasteiger charge is 2.24. The van der Waals surface area contributed by atoms with Crippen molar-refractivity contribution in [1.82, 2.24) is 14.9 Å². The molecule has 1 fully saturated rings. The van der Waals surface area contributed by atoms with E-state index >= 15 is 0 Å². The van der Waals surface area contributed by atoms with E-state index in [0.717, 1.165) is 29.3 Å². The molecular formula is C19H23N3O4. The zero-order chi connectivity index (χ0) is 18.5. The summed E-state index contributed by atoms with van der Waals surface area (Å²) in [5.74, 6) is 0.362. The Morgan fingerprint density at radius 2 is 2.15 bits per heavy atom. The lowest BCUT2D eigenvalue weighted by atomic mass is 10.1. The van der Waals surface area contributed by atoms with E-state index in [0.29, 0.717) is 25.4 Å². The van der Waals surface area contributed by atoms with E-state index in [-0.39, 0.29) is 12.7 Å². The van der Waals surface area contributed by atoms with Crippen molar-refractivity contribution < 1.29 is 19.4 Å². The molecule has 7 heteroatoms. The minimum absolute atomic E-state index is 0.101. The van der Waals surface area contributed by atoms with Gasteiger partial charge in [0, 0.05) is 30.9 Å². The fourth-order valence-corrected chi connectivity index (χ4v) is 3.09. The molecule has 0 unspecified atom stereocenters. The van der Waals surface area contributed by atoms with Gasteiger partial charge in [-0.05, 0) is 26.0 Å². The van der Waals surface area contributed by atoms with Gasteiger partial charge in [-0.2, -0.15) is 0 Å². The standard InChI is InChI=1S/C19H23N3O4/c1-13-9-16(21-14(2)20-13)18-11-22(7-8-25-18)10-15-5-3-4-6-17(15)26-12-19(23)24/h3-6,9,18H,7-8,10-12H2,1-2H3,(H,23,24)/t18-/m1/s1. The first kappa shape index (κ1) is 18.3. The number of benzene rings is 1. The molecule has 1 aromatic heterocycles. The van der Waals surface area contributed by atoms with Gasteiger partial charge in [-0.3, -0.25) is 4.90 Å². The smallest absolute Gasteiger partial charge is 0.341 e. The highest BCUT2D eigenvalue weighted by atomic mass is 16.5. The van der Waals surface area contributed by atoms with Gasteiger partial charge in [0.05, 0.1) is 12.3 Å². The van der Waals surface area contributed by atoms with Gasteiger partial charge in [0.25, 0.3) is 0 Å². The van der Waals surface area contributed by atoms with Gasteiger partial charge >= 0.3 is 5.97 Å². The van der Waals surface area contributed by atoms with Crippen molar-refractivity contribution in [2.24, 2.45) is 0 Å². The van der Waals surface area contributed by atoms with Crippen LogP contribution in [0.2, 0.25) is 0 Å². The second-order valence-corrected chi connectivity index (χ2v) is 6.37. The number of nitrogens with zero attached hydrogens (tertiary/aromatic N) is 3. The van der Waals surface area contributed by atoms with Gasteiger partial charge in [0.1, 0.15) is 17.7 Å². The van der Waals surface area contributed by atoms with Crippen LogP contribution in [-0.2, 0) is 16.1 Å². The Labute approximate surface area is 152 Å². The van der Waals surface area contributed by atoms with Gasteiger partial charge < -0.3 is 14.6 Å². The molecule has 3 rings (SSSR count). The minimum Gasteiger partial charge on any atom is -0.482 e. The first-order chi connectivity index (χ1) is 12.5. The van der Waals surface area contributed by atoms with Crippen LogP contribution in [0.25, 0.3) is 0 Å². The van der Waals surface area contributed by atoms with E-state index in [2.05, 4.69) is 14.9 Å². The number of morpholine rings is 1. The first-order valence-corrected chi connectivity index (χ1v) is 8.60. The lowest BCUT2D eigenvalue weighted by Gasteiger charge is -2.33. The molecule has 7 nitrogen and oxygen atoms in total. The molecule has 0 aliphatic carbocycles. The third-order valence-corrected chi connectivity index (χ3v) is 4.18. The highest BCUT2D eigenvalue weighted by molar-refractivity contribution is 5.68. The number of carboxylic acids is 1. The SMILES string of the molecule is Cc1cc([C@H]2CN(Cc3ccccc3OCC(=O)O)CCO2)nc(C)n1. The largest absolute Gasteiger partial charge is 0.482 e. The summed E-state index contributed by atoms with van der Waals surface area (Å²) in [4.78, 5) is 21.9. The molecule has 0 saturated carbocycles. The summed E-state index contributed by atoms with van der Waals surface area (Å²) < 4.78 is 11.3. The normalized spacial score (nSPS) is 17.8. The van der Waals surface area contributed by atoms with Crippen LogP contribution < -0.4 is 4.74 Å². The predicted molar refractivity (Wildman–Crippen MR) is 95.0 cm³/mol. The van der Waals surface area contributed by atoms with Gasteiger partial charge in [-0.25, -0.2) is 14.8 Å². The van der Waals surface area contributed by atoms with Crippen LogP contribution in [0.1, 0.15) is 28.9 Å². The molecule has 1 atom stereocenters.